The number of fused-ring (bicyclic) bond motifs is 1. The van der Waals surface area contributed by atoms with Gasteiger partial charge in [0.2, 0.25) is 5.89 Å². The molecule has 0 aliphatic carbocycles. The smallest absolute Gasteiger partial charge is 0.437 e. The number of benzene rings is 2. The SMILES string of the molecule is Cc1nc(-c2ccc3c(c2)CCN3C(=O)COC(=O)Cn2nc(-c3ccc(F)cc3)oc2=O)cs1. The number of aryl methyl sites for hydroxylation is 1. The number of esters is 1. The molecule has 35 heavy (non-hydrogen) atoms. The van der Waals surface area contributed by atoms with Gasteiger partial charge in [-0.1, -0.05) is 6.07 Å². The highest BCUT2D eigenvalue weighted by atomic mass is 32.1. The second-order valence-corrected chi connectivity index (χ2v) is 8.95. The number of nitrogens with zero attached hydrogens (tertiary/aromatic N) is 4. The van der Waals surface area contributed by atoms with Gasteiger partial charge in [0, 0.05) is 28.7 Å². The van der Waals surface area contributed by atoms with Gasteiger partial charge in [-0.25, -0.2) is 14.2 Å². The number of carbonyl (C=O) groups excluding carboxylic acids is 2. The van der Waals surface area contributed by atoms with Crippen LogP contribution in [-0.4, -0.2) is 39.8 Å². The molecule has 0 radical (unpaired) electrons. The Morgan fingerprint density at radius 1 is 1.17 bits per heavy atom. The van der Waals surface area contributed by atoms with Crippen molar-refractivity contribution in [3.63, 3.8) is 0 Å². The third kappa shape index (κ3) is 4.76. The van der Waals surface area contributed by atoms with Crippen molar-refractivity contribution in [3.05, 3.63) is 74.8 Å². The number of amides is 1. The van der Waals surface area contributed by atoms with Crippen molar-refractivity contribution in [2.24, 2.45) is 0 Å². The first-order valence-corrected chi connectivity index (χ1v) is 11.6. The molecule has 1 aliphatic rings. The first kappa shape index (κ1) is 22.7. The van der Waals surface area contributed by atoms with E-state index in [2.05, 4.69) is 10.1 Å². The second-order valence-electron chi connectivity index (χ2n) is 7.89. The number of rotatable bonds is 6. The van der Waals surface area contributed by atoms with Crippen LogP contribution in [-0.2, 0) is 27.3 Å². The van der Waals surface area contributed by atoms with Gasteiger partial charge >= 0.3 is 11.7 Å². The number of ether oxygens (including phenoxy) is 1. The number of halogens is 1. The Labute approximate surface area is 202 Å². The molecule has 0 saturated heterocycles. The van der Waals surface area contributed by atoms with Crippen LogP contribution in [0.5, 0.6) is 0 Å². The largest absolute Gasteiger partial charge is 0.454 e. The zero-order valence-corrected chi connectivity index (χ0v) is 19.4. The average molecular weight is 495 g/mol. The minimum atomic E-state index is -0.868. The number of hydrogen-bond acceptors (Lipinski definition) is 8. The molecule has 5 rings (SSSR count). The summed E-state index contributed by atoms with van der Waals surface area (Å²) < 4.78 is 24.0. The number of thiazole rings is 1. The van der Waals surface area contributed by atoms with Crippen LogP contribution in [0.25, 0.3) is 22.7 Å². The molecule has 0 spiro atoms. The van der Waals surface area contributed by atoms with Crippen LogP contribution in [0.2, 0.25) is 0 Å². The molecular formula is C24H19FN4O5S. The van der Waals surface area contributed by atoms with Gasteiger partial charge in [0.15, 0.2) is 6.61 Å². The van der Waals surface area contributed by atoms with Crippen molar-refractivity contribution in [1.82, 2.24) is 14.8 Å². The van der Waals surface area contributed by atoms with E-state index in [1.807, 2.05) is 30.5 Å². The topological polar surface area (TPSA) is 108 Å². The van der Waals surface area contributed by atoms with E-state index in [1.54, 1.807) is 16.2 Å². The number of hydrogen-bond donors (Lipinski definition) is 0. The molecule has 178 valence electrons. The summed E-state index contributed by atoms with van der Waals surface area (Å²) >= 11 is 1.58. The average Bonchev–Trinajstić information content (AvgIpc) is 3.56. The molecule has 1 aliphatic heterocycles. The minimum absolute atomic E-state index is 0.0558. The molecule has 0 fully saturated rings. The third-order valence-corrected chi connectivity index (χ3v) is 6.30. The fraction of sp³-hybridized carbons (Fsp3) is 0.208. The van der Waals surface area contributed by atoms with Crippen molar-refractivity contribution in [2.45, 2.75) is 19.9 Å². The van der Waals surface area contributed by atoms with Crippen molar-refractivity contribution in [1.29, 1.82) is 0 Å². The predicted octanol–water partition coefficient (Wildman–Crippen LogP) is 3.21. The maximum atomic E-state index is 13.1. The van der Waals surface area contributed by atoms with Crippen molar-refractivity contribution in [3.8, 4) is 22.7 Å². The Bertz CT molecular complexity index is 1470. The highest BCUT2D eigenvalue weighted by Gasteiger charge is 2.26. The summed E-state index contributed by atoms with van der Waals surface area (Å²) in [5, 5.41) is 6.92. The van der Waals surface area contributed by atoms with Crippen LogP contribution >= 0.6 is 11.3 Å². The second kappa shape index (κ2) is 9.26. The number of aromatic nitrogens is 3. The van der Waals surface area contributed by atoms with Gasteiger partial charge in [0.1, 0.15) is 12.4 Å². The number of carbonyl (C=O) groups is 2. The highest BCUT2D eigenvalue weighted by molar-refractivity contribution is 7.09. The van der Waals surface area contributed by atoms with Crippen molar-refractivity contribution >= 4 is 28.9 Å². The quantitative estimate of drug-likeness (QED) is 0.379. The fourth-order valence-corrected chi connectivity index (χ4v) is 4.44. The summed E-state index contributed by atoms with van der Waals surface area (Å²) in [5.41, 5.74) is 4.08. The molecule has 1 amide bonds. The first-order chi connectivity index (χ1) is 16.9. The van der Waals surface area contributed by atoms with E-state index in [4.69, 9.17) is 9.15 Å². The van der Waals surface area contributed by atoms with Crippen LogP contribution in [0.4, 0.5) is 10.1 Å². The fourth-order valence-electron chi connectivity index (χ4n) is 3.82. The Hall–Kier alpha value is -4.12. The lowest BCUT2D eigenvalue weighted by molar-refractivity contribution is -0.148. The molecule has 0 saturated carbocycles. The van der Waals surface area contributed by atoms with Crippen LogP contribution in [0.15, 0.2) is 57.1 Å². The summed E-state index contributed by atoms with van der Waals surface area (Å²) in [4.78, 5) is 43.0. The van der Waals surface area contributed by atoms with Crippen molar-refractivity contribution in [2.75, 3.05) is 18.1 Å². The monoisotopic (exact) mass is 494 g/mol. The summed E-state index contributed by atoms with van der Waals surface area (Å²) in [6.07, 6.45) is 0.687. The van der Waals surface area contributed by atoms with E-state index >= 15 is 0 Å². The van der Waals surface area contributed by atoms with Gasteiger partial charge in [0.05, 0.1) is 10.7 Å². The maximum absolute atomic E-state index is 13.1. The molecule has 0 bridgehead atoms. The molecule has 4 aromatic rings. The molecule has 11 heteroatoms. The molecule has 0 N–H and O–H groups in total. The van der Waals surface area contributed by atoms with Crippen LogP contribution < -0.4 is 10.7 Å². The Morgan fingerprint density at radius 3 is 2.69 bits per heavy atom. The van der Waals surface area contributed by atoms with Gasteiger partial charge in [-0.3, -0.25) is 9.59 Å². The van der Waals surface area contributed by atoms with Crippen molar-refractivity contribution < 1.29 is 23.1 Å². The molecule has 9 nitrogen and oxygen atoms in total. The minimum Gasteiger partial charge on any atom is -0.454 e. The molecule has 2 aromatic carbocycles. The molecular weight excluding hydrogens is 475 g/mol. The zero-order chi connectivity index (χ0) is 24.5. The van der Waals surface area contributed by atoms with E-state index in [0.29, 0.717) is 18.5 Å². The van der Waals surface area contributed by atoms with E-state index in [-0.39, 0.29) is 11.8 Å². The van der Waals surface area contributed by atoms with E-state index in [0.717, 1.165) is 32.2 Å². The Kier molecular flexibility index (Phi) is 6.00. The lowest BCUT2D eigenvalue weighted by atomic mass is 10.1. The predicted molar refractivity (Wildman–Crippen MR) is 125 cm³/mol. The van der Waals surface area contributed by atoms with Gasteiger partial charge < -0.3 is 14.1 Å². The van der Waals surface area contributed by atoms with Crippen LogP contribution in [0.3, 0.4) is 0 Å². The summed E-state index contributed by atoms with van der Waals surface area (Å²) in [6, 6.07) is 11.0. The van der Waals surface area contributed by atoms with Gasteiger partial charge in [-0.2, -0.15) is 4.68 Å². The van der Waals surface area contributed by atoms with E-state index in [9.17, 15) is 18.8 Å². The van der Waals surface area contributed by atoms with Crippen LogP contribution in [0, 0.1) is 12.7 Å². The number of anilines is 1. The van der Waals surface area contributed by atoms with E-state index in [1.165, 1.54) is 24.3 Å². The normalized spacial score (nSPS) is 12.6. The third-order valence-electron chi connectivity index (χ3n) is 5.52. The first-order valence-electron chi connectivity index (χ1n) is 10.7. The highest BCUT2D eigenvalue weighted by Crippen LogP contribution is 2.32. The summed E-state index contributed by atoms with van der Waals surface area (Å²) in [7, 11) is 0. The Balaban J connectivity index is 1.20. The van der Waals surface area contributed by atoms with Gasteiger partial charge in [-0.15, -0.1) is 16.4 Å². The molecule has 3 heterocycles. The molecule has 0 atom stereocenters. The summed E-state index contributed by atoms with van der Waals surface area (Å²) in [5.74, 6) is -2.55. The Morgan fingerprint density at radius 2 is 1.94 bits per heavy atom. The standard InChI is InChI=1S/C24H19FN4O5S/c1-14-26-19(13-35-14)16-4-7-20-17(10-16)8-9-28(20)21(30)12-33-22(31)11-29-24(32)34-23(27-29)15-2-5-18(25)6-3-15/h2-7,10,13H,8-9,11-12H2,1H3. The lowest BCUT2D eigenvalue weighted by Gasteiger charge is -2.17. The van der Waals surface area contributed by atoms with Gasteiger partial charge in [-0.05, 0) is 55.3 Å². The molecule has 2 aromatic heterocycles. The van der Waals surface area contributed by atoms with Gasteiger partial charge in [0.25, 0.3) is 5.91 Å². The van der Waals surface area contributed by atoms with E-state index < -0.39 is 30.7 Å². The van der Waals surface area contributed by atoms with Crippen LogP contribution in [0.1, 0.15) is 10.6 Å². The zero-order valence-electron chi connectivity index (χ0n) is 18.6. The molecule has 0 unspecified atom stereocenters. The maximum Gasteiger partial charge on any atom is 0.437 e. The summed E-state index contributed by atoms with van der Waals surface area (Å²) in [6.45, 7) is 1.44. The lowest BCUT2D eigenvalue weighted by Crippen LogP contribution is -2.34.